The minimum atomic E-state index is -4.29. The van der Waals surface area contributed by atoms with Crippen molar-refractivity contribution in [3.8, 4) is 5.75 Å². The SMILES string of the molecule is O=P(O)(O)CC[C@H]1OC(Oc2ccc3cnccc3c2)[C@@H](O)[C@@H](O)[C@@H]1O. The minimum Gasteiger partial charge on any atom is -0.462 e. The lowest BCUT2D eigenvalue weighted by atomic mass is 9.97. The zero-order chi connectivity index (χ0) is 18.9. The minimum absolute atomic E-state index is 0.196. The highest BCUT2D eigenvalue weighted by atomic mass is 31.2. The van der Waals surface area contributed by atoms with Gasteiger partial charge in [-0.2, -0.15) is 0 Å². The summed E-state index contributed by atoms with van der Waals surface area (Å²) in [5.41, 5.74) is 0. The van der Waals surface area contributed by atoms with Gasteiger partial charge in [-0.3, -0.25) is 9.55 Å². The standard InChI is InChI=1S/C16H20NO8P/c18-13-12(4-6-26(21,22)23)25-16(15(20)14(13)19)24-11-2-1-10-8-17-5-3-9(10)7-11/h1-3,5,7-8,12-16,18-20H,4,6H2,(H2,21,22,23)/t12-,13-,14+,15+,16?/m1/s1. The molecule has 0 bridgehead atoms. The van der Waals surface area contributed by atoms with Crippen LogP contribution in [0, 0.1) is 0 Å². The van der Waals surface area contributed by atoms with Crippen molar-refractivity contribution in [3.63, 3.8) is 0 Å². The van der Waals surface area contributed by atoms with E-state index in [2.05, 4.69) is 4.98 Å². The predicted octanol–water partition coefficient (Wildman–Crippen LogP) is -0.0110. The second-order valence-corrected chi connectivity index (χ2v) is 7.97. The molecule has 1 aliphatic rings. The van der Waals surface area contributed by atoms with Crippen LogP contribution in [0.5, 0.6) is 5.75 Å². The topological polar surface area (TPSA) is 150 Å². The normalized spacial score (nSPS) is 29.7. The highest BCUT2D eigenvalue weighted by Gasteiger charge is 2.45. The number of fused-ring (bicyclic) bond motifs is 1. The monoisotopic (exact) mass is 385 g/mol. The Morgan fingerprint density at radius 1 is 1.08 bits per heavy atom. The molecule has 1 aromatic heterocycles. The van der Waals surface area contributed by atoms with Crippen LogP contribution in [0.15, 0.2) is 36.7 Å². The summed E-state index contributed by atoms with van der Waals surface area (Å²) >= 11 is 0. The van der Waals surface area contributed by atoms with Crippen molar-refractivity contribution >= 4 is 18.4 Å². The van der Waals surface area contributed by atoms with Crippen LogP contribution in [0.1, 0.15) is 6.42 Å². The van der Waals surface area contributed by atoms with E-state index < -0.39 is 44.5 Å². The summed E-state index contributed by atoms with van der Waals surface area (Å²) in [4.78, 5) is 22.0. The Bertz CT molecular complexity index is 812. The van der Waals surface area contributed by atoms with Gasteiger partial charge in [0.05, 0.1) is 12.3 Å². The molecule has 3 rings (SSSR count). The van der Waals surface area contributed by atoms with Crippen molar-refractivity contribution in [1.29, 1.82) is 0 Å². The lowest BCUT2D eigenvalue weighted by molar-refractivity contribution is -0.272. The molecule has 142 valence electrons. The second-order valence-electron chi connectivity index (χ2n) is 6.19. The largest absolute Gasteiger partial charge is 0.462 e. The van der Waals surface area contributed by atoms with E-state index in [1.54, 1.807) is 36.7 Å². The van der Waals surface area contributed by atoms with E-state index in [9.17, 15) is 19.9 Å². The highest BCUT2D eigenvalue weighted by molar-refractivity contribution is 7.51. The molecule has 2 heterocycles. The van der Waals surface area contributed by atoms with Gasteiger partial charge in [-0.25, -0.2) is 0 Å². The zero-order valence-electron chi connectivity index (χ0n) is 13.6. The van der Waals surface area contributed by atoms with Gasteiger partial charge < -0.3 is 34.6 Å². The van der Waals surface area contributed by atoms with E-state index in [0.717, 1.165) is 10.8 Å². The van der Waals surface area contributed by atoms with Crippen LogP contribution in [0.25, 0.3) is 10.8 Å². The lowest BCUT2D eigenvalue weighted by Gasteiger charge is -2.40. The molecule has 1 unspecified atom stereocenters. The Hall–Kier alpha value is -1.58. The van der Waals surface area contributed by atoms with Gasteiger partial charge in [0.1, 0.15) is 24.1 Å². The smallest absolute Gasteiger partial charge is 0.325 e. The quantitative estimate of drug-likeness (QED) is 0.448. The number of aromatic nitrogens is 1. The molecule has 1 fully saturated rings. The zero-order valence-corrected chi connectivity index (χ0v) is 14.5. The molecule has 2 aromatic rings. The Balaban J connectivity index is 1.75. The number of hydrogen-bond donors (Lipinski definition) is 5. The van der Waals surface area contributed by atoms with Gasteiger partial charge in [0.15, 0.2) is 0 Å². The predicted molar refractivity (Wildman–Crippen MR) is 90.6 cm³/mol. The summed E-state index contributed by atoms with van der Waals surface area (Å²) in [7, 11) is -4.29. The molecule has 5 atom stereocenters. The first-order chi connectivity index (χ1) is 12.2. The maximum atomic E-state index is 11.0. The van der Waals surface area contributed by atoms with Crippen molar-refractivity contribution in [3.05, 3.63) is 36.7 Å². The Labute approximate surface area is 149 Å². The summed E-state index contributed by atoms with van der Waals surface area (Å²) in [6, 6.07) is 6.89. The van der Waals surface area contributed by atoms with Gasteiger partial charge in [0, 0.05) is 17.8 Å². The van der Waals surface area contributed by atoms with Crippen molar-refractivity contribution in [2.75, 3.05) is 6.16 Å². The molecule has 5 N–H and O–H groups in total. The average Bonchev–Trinajstić information content (AvgIpc) is 2.60. The van der Waals surface area contributed by atoms with E-state index in [1.807, 2.05) is 0 Å². The maximum absolute atomic E-state index is 11.0. The van der Waals surface area contributed by atoms with Gasteiger partial charge >= 0.3 is 7.60 Å². The van der Waals surface area contributed by atoms with Crippen LogP contribution in [0.4, 0.5) is 0 Å². The fourth-order valence-electron chi connectivity index (χ4n) is 2.82. The molecule has 0 saturated carbocycles. The molecule has 0 amide bonds. The first kappa shape index (κ1) is 19.2. The van der Waals surface area contributed by atoms with Crippen LogP contribution in [0.2, 0.25) is 0 Å². The molecular weight excluding hydrogens is 365 g/mol. The summed E-state index contributed by atoms with van der Waals surface area (Å²) in [5.74, 6) is 0.366. The molecule has 0 radical (unpaired) electrons. The molecule has 9 nitrogen and oxygen atoms in total. The van der Waals surface area contributed by atoms with Gasteiger partial charge in [-0.15, -0.1) is 0 Å². The second kappa shape index (κ2) is 7.58. The molecule has 1 aliphatic heterocycles. The summed E-state index contributed by atoms with van der Waals surface area (Å²) < 4.78 is 22.1. The molecular formula is C16H20NO8P. The van der Waals surface area contributed by atoms with Crippen LogP contribution >= 0.6 is 7.60 Å². The Morgan fingerprint density at radius 2 is 1.85 bits per heavy atom. The van der Waals surface area contributed by atoms with Crippen LogP contribution < -0.4 is 4.74 Å². The van der Waals surface area contributed by atoms with Crippen LogP contribution in [-0.4, -0.2) is 67.0 Å². The number of rotatable bonds is 5. The number of hydrogen-bond acceptors (Lipinski definition) is 7. The van der Waals surface area contributed by atoms with Gasteiger partial charge in [-0.1, -0.05) is 0 Å². The maximum Gasteiger partial charge on any atom is 0.325 e. The summed E-state index contributed by atoms with van der Waals surface area (Å²) in [6.45, 7) is 0. The highest BCUT2D eigenvalue weighted by Crippen LogP contribution is 2.37. The third-order valence-electron chi connectivity index (χ3n) is 4.24. The number of benzene rings is 1. The van der Waals surface area contributed by atoms with E-state index in [-0.39, 0.29) is 6.42 Å². The third kappa shape index (κ3) is 4.39. The van der Waals surface area contributed by atoms with Crippen molar-refractivity contribution in [1.82, 2.24) is 4.98 Å². The number of ether oxygens (including phenoxy) is 2. The number of aliphatic hydroxyl groups is 3. The summed E-state index contributed by atoms with van der Waals surface area (Å²) in [5, 5.41) is 31.8. The molecule has 0 spiro atoms. The number of nitrogens with zero attached hydrogens (tertiary/aromatic N) is 1. The van der Waals surface area contributed by atoms with E-state index in [1.165, 1.54) is 0 Å². The third-order valence-corrected chi connectivity index (χ3v) is 5.08. The van der Waals surface area contributed by atoms with E-state index >= 15 is 0 Å². The number of aliphatic hydroxyl groups excluding tert-OH is 3. The van der Waals surface area contributed by atoms with E-state index in [0.29, 0.717) is 5.75 Å². The number of pyridine rings is 1. The first-order valence-electron chi connectivity index (χ1n) is 7.99. The van der Waals surface area contributed by atoms with Gasteiger partial charge in [0.25, 0.3) is 0 Å². The molecule has 10 heteroatoms. The van der Waals surface area contributed by atoms with Crippen LogP contribution in [-0.2, 0) is 9.30 Å². The summed E-state index contributed by atoms with van der Waals surface area (Å²) in [6.07, 6.45) is -4.38. The molecule has 1 aromatic carbocycles. The fraction of sp³-hybridized carbons (Fsp3) is 0.438. The van der Waals surface area contributed by atoms with Gasteiger partial charge in [-0.05, 0) is 36.1 Å². The van der Waals surface area contributed by atoms with E-state index in [4.69, 9.17) is 19.3 Å². The fourth-order valence-corrected chi connectivity index (χ4v) is 3.41. The molecule has 1 saturated heterocycles. The molecule has 26 heavy (non-hydrogen) atoms. The van der Waals surface area contributed by atoms with Crippen molar-refractivity contribution in [2.45, 2.75) is 37.1 Å². The van der Waals surface area contributed by atoms with Gasteiger partial charge in [0.2, 0.25) is 6.29 Å². The molecule has 0 aliphatic carbocycles. The van der Waals surface area contributed by atoms with Crippen LogP contribution in [0.3, 0.4) is 0 Å². The average molecular weight is 385 g/mol. The van der Waals surface area contributed by atoms with Crippen molar-refractivity contribution < 1.29 is 39.1 Å². The Kier molecular flexibility index (Phi) is 5.59. The Morgan fingerprint density at radius 3 is 2.58 bits per heavy atom. The van der Waals surface area contributed by atoms with Crippen molar-refractivity contribution in [2.24, 2.45) is 0 Å². The lowest BCUT2D eigenvalue weighted by Crippen LogP contribution is -2.59. The first-order valence-corrected chi connectivity index (χ1v) is 9.79.